The number of hydrogen-bond donors (Lipinski definition) is 1. The van der Waals surface area contributed by atoms with Crippen molar-refractivity contribution in [2.45, 2.75) is 44.8 Å². The van der Waals surface area contributed by atoms with Crippen LogP contribution in [0.2, 0.25) is 0 Å². The zero-order chi connectivity index (χ0) is 11.1. The van der Waals surface area contributed by atoms with Gasteiger partial charge in [-0.1, -0.05) is 0 Å². The molecule has 15 heavy (non-hydrogen) atoms. The molecule has 4 heteroatoms. The normalized spacial score (nSPS) is 25.3. The molecule has 3 nitrogen and oxygen atoms in total. The molecule has 1 rings (SSSR count). The van der Waals surface area contributed by atoms with Crippen LogP contribution < -0.4 is 5.32 Å². The van der Waals surface area contributed by atoms with Gasteiger partial charge in [0.1, 0.15) is 0 Å². The van der Waals surface area contributed by atoms with Crippen molar-refractivity contribution >= 4 is 10.8 Å². The molecule has 0 amide bonds. The second-order valence-electron chi connectivity index (χ2n) is 4.34. The number of hydrogen-bond acceptors (Lipinski definition) is 3. The minimum atomic E-state index is -0.658. The first-order valence-corrected chi connectivity index (χ1v) is 7.56. The van der Waals surface area contributed by atoms with Crippen molar-refractivity contribution < 1.29 is 8.95 Å². The zero-order valence-electron chi connectivity index (χ0n) is 9.83. The fraction of sp³-hybridized carbons (Fsp3) is 1.00. The Morgan fingerprint density at radius 1 is 1.60 bits per heavy atom. The largest absolute Gasteiger partial charge is 0.378 e. The lowest BCUT2D eigenvalue weighted by Gasteiger charge is -2.15. The fourth-order valence-corrected chi connectivity index (χ4v) is 2.49. The van der Waals surface area contributed by atoms with Crippen molar-refractivity contribution in [3.8, 4) is 0 Å². The molecule has 1 N–H and O–H groups in total. The molecule has 1 heterocycles. The van der Waals surface area contributed by atoms with Gasteiger partial charge < -0.3 is 10.1 Å². The first-order valence-electron chi connectivity index (χ1n) is 5.83. The van der Waals surface area contributed by atoms with Crippen LogP contribution in [0.3, 0.4) is 0 Å². The number of ether oxygens (including phenoxy) is 1. The summed E-state index contributed by atoms with van der Waals surface area (Å²) in [6.45, 7) is 4.11. The third-order valence-electron chi connectivity index (χ3n) is 2.82. The molecule has 3 atom stereocenters. The van der Waals surface area contributed by atoms with Crippen molar-refractivity contribution in [3.05, 3.63) is 0 Å². The van der Waals surface area contributed by atoms with Gasteiger partial charge in [-0.3, -0.25) is 4.21 Å². The van der Waals surface area contributed by atoms with Crippen LogP contribution in [0.5, 0.6) is 0 Å². The Bertz CT molecular complexity index is 193. The topological polar surface area (TPSA) is 38.3 Å². The van der Waals surface area contributed by atoms with Gasteiger partial charge >= 0.3 is 0 Å². The average Bonchev–Trinajstić information content (AvgIpc) is 2.67. The van der Waals surface area contributed by atoms with Gasteiger partial charge in [0.15, 0.2) is 0 Å². The second-order valence-corrected chi connectivity index (χ2v) is 5.90. The third kappa shape index (κ3) is 6.28. The number of nitrogens with one attached hydrogen (secondary N) is 1. The maximum atomic E-state index is 10.9. The molecule has 1 aliphatic heterocycles. The van der Waals surface area contributed by atoms with E-state index in [1.165, 1.54) is 12.8 Å². The van der Waals surface area contributed by atoms with Crippen LogP contribution >= 0.6 is 0 Å². The molecule has 1 saturated heterocycles. The highest BCUT2D eigenvalue weighted by molar-refractivity contribution is 7.84. The lowest BCUT2D eigenvalue weighted by molar-refractivity contribution is 0.103. The Balaban J connectivity index is 1.96. The quantitative estimate of drug-likeness (QED) is 0.720. The smallest absolute Gasteiger partial charge is 0.0588 e. The summed E-state index contributed by atoms with van der Waals surface area (Å²) in [6, 6.07) is 0.468. The molecule has 0 aromatic carbocycles. The van der Waals surface area contributed by atoms with E-state index in [1.807, 2.05) is 0 Å². The summed E-state index contributed by atoms with van der Waals surface area (Å²) < 4.78 is 16.4. The van der Waals surface area contributed by atoms with Crippen molar-refractivity contribution in [2.75, 3.05) is 25.2 Å². The lowest BCUT2D eigenvalue weighted by Crippen LogP contribution is -2.30. The van der Waals surface area contributed by atoms with Gasteiger partial charge in [-0.15, -0.1) is 0 Å². The summed E-state index contributed by atoms with van der Waals surface area (Å²) in [5.74, 6) is 0.800. The molecule has 0 saturated carbocycles. The van der Waals surface area contributed by atoms with Crippen LogP contribution in [-0.4, -0.2) is 41.5 Å². The monoisotopic (exact) mass is 233 g/mol. The minimum absolute atomic E-state index is 0.468. The molecule has 1 aliphatic rings. The predicted octanol–water partition coefficient (Wildman–Crippen LogP) is 1.30. The van der Waals surface area contributed by atoms with Crippen LogP contribution in [0.15, 0.2) is 0 Å². The SMILES string of the molecule is CC(CCS(C)=O)NCCC1CCCO1. The van der Waals surface area contributed by atoms with Gasteiger partial charge in [-0.05, 0) is 39.2 Å². The van der Waals surface area contributed by atoms with Crippen LogP contribution in [0, 0.1) is 0 Å². The fourth-order valence-electron chi connectivity index (χ4n) is 1.81. The third-order valence-corrected chi connectivity index (χ3v) is 3.63. The summed E-state index contributed by atoms with van der Waals surface area (Å²) in [7, 11) is -0.658. The van der Waals surface area contributed by atoms with Crippen LogP contribution in [-0.2, 0) is 15.5 Å². The Morgan fingerprint density at radius 2 is 2.40 bits per heavy atom. The first kappa shape index (κ1) is 13.1. The summed E-state index contributed by atoms with van der Waals surface area (Å²) >= 11 is 0. The highest BCUT2D eigenvalue weighted by Gasteiger charge is 2.14. The molecular weight excluding hydrogens is 210 g/mol. The molecular formula is C11H23NO2S. The second kappa shape index (κ2) is 7.36. The minimum Gasteiger partial charge on any atom is -0.378 e. The summed E-state index contributed by atoms with van der Waals surface area (Å²) in [6.07, 6.45) is 6.78. The van der Waals surface area contributed by atoms with Gasteiger partial charge in [0.25, 0.3) is 0 Å². The van der Waals surface area contributed by atoms with Gasteiger partial charge in [-0.25, -0.2) is 0 Å². The van der Waals surface area contributed by atoms with Gasteiger partial charge in [0, 0.05) is 35.5 Å². The van der Waals surface area contributed by atoms with Crippen molar-refractivity contribution in [1.29, 1.82) is 0 Å². The molecule has 0 aromatic heterocycles. The molecule has 0 aromatic rings. The maximum absolute atomic E-state index is 10.9. The Morgan fingerprint density at radius 3 is 3.00 bits per heavy atom. The van der Waals surface area contributed by atoms with Gasteiger partial charge in [-0.2, -0.15) is 0 Å². The summed E-state index contributed by atoms with van der Waals surface area (Å²) in [5.41, 5.74) is 0. The molecule has 1 fully saturated rings. The molecule has 90 valence electrons. The zero-order valence-corrected chi connectivity index (χ0v) is 10.6. The van der Waals surface area contributed by atoms with E-state index in [-0.39, 0.29) is 0 Å². The maximum Gasteiger partial charge on any atom is 0.0588 e. The van der Waals surface area contributed by atoms with Crippen molar-refractivity contribution in [1.82, 2.24) is 5.32 Å². The predicted molar refractivity (Wildman–Crippen MR) is 64.6 cm³/mol. The van der Waals surface area contributed by atoms with Gasteiger partial charge in [0.05, 0.1) is 6.10 Å². The van der Waals surface area contributed by atoms with Crippen LogP contribution in [0.25, 0.3) is 0 Å². The Labute approximate surface area is 95.4 Å². The van der Waals surface area contributed by atoms with E-state index in [1.54, 1.807) is 6.26 Å². The van der Waals surface area contributed by atoms with Crippen LogP contribution in [0.4, 0.5) is 0 Å². The highest BCUT2D eigenvalue weighted by atomic mass is 32.2. The molecule has 3 unspecified atom stereocenters. The molecule has 0 spiro atoms. The van der Waals surface area contributed by atoms with E-state index in [2.05, 4.69) is 12.2 Å². The van der Waals surface area contributed by atoms with Gasteiger partial charge in [0.2, 0.25) is 0 Å². The molecule has 0 radical (unpaired) electrons. The molecule has 0 aliphatic carbocycles. The van der Waals surface area contributed by atoms with E-state index in [9.17, 15) is 4.21 Å². The first-order chi connectivity index (χ1) is 7.18. The average molecular weight is 233 g/mol. The van der Waals surface area contributed by atoms with E-state index in [0.717, 1.165) is 31.7 Å². The van der Waals surface area contributed by atoms with Crippen LogP contribution in [0.1, 0.15) is 32.6 Å². The van der Waals surface area contributed by atoms with Crippen molar-refractivity contribution in [3.63, 3.8) is 0 Å². The van der Waals surface area contributed by atoms with E-state index < -0.39 is 10.8 Å². The van der Waals surface area contributed by atoms with E-state index >= 15 is 0 Å². The lowest BCUT2D eigenvalue weighted by atomic mass is 10.1. The number of rotatable bonds is 7. The summed E-state index contributed by atoms with van der Waals surface area (Å²) in [5, 5.41) is 3.45. The standard InChI is InChI=1S/C11H23NO2S/c1-10(6-9-15(2)13)12-7-5-11-4-3-8-14-11/h10-12H,3-9H2,1-2H3. The highest BCUT2D eigenvalue weighted by Crippen LogP contribution is 2.14. The van der Waals surface area contributed by atoms with E-state index in [4.69, 9.17) is 4.74 Å². The Kier molecular flexibility index (Phi) is 6.45. The molecule has 0 bridgehead atoms. The van der Waals surface area contributed by atoms with E-state index in [0.29, 0.717) is 12.1 Å². The summed E-state index contributed by atoms with van der Waals surface area (Å²) in [4.78, 5) is 0. The van der Waals surface area contributed by atoms with Crippen molar-refractivity contribution in [2.24, 2.45) is 0 Å². The Hall–Kier alpha value is 0.0700.